The number of nitrogens with two attached hydrogens (primary N) is 1. The molecule has 2 aliphatic heterocycles. The standard InChI is InChI=1S/C41H55N7O6.Pd/c1-8-26-21(2)29-20-34-37(25(6)49)23(4)31(46-34)18-30-22(3)27(11-12-35(50)51)39(47-30)28(17-36(52)54-7)40-38(24(5)32(48-40)19-33(26)45-29)41(53)44-16-10-15-43-14-9-13-42;/h18-22,26-27,43H,8-17,42H2,1-7H3,(H4,44,45,46,47,48,49,50,51,53);/q;+2/p-2/t21-,22+,26-,27+;/m1./s1. The van der Waals surface area contributed by atoms with Gasteiger partial charge in [0.1, 0.15) is 0 Å². The Morgan fingerprint density at radius 1 is 0.873 bits per heavy atom. The third-order valence-corrected chi connectivity index (χ3v) is 10.9. The van der Waals surface area contributed by atoms with E-state index in [2.05, 4.69) is 24.5 Å². The summed E-state index contributed by atoms with van der Waals surface area (Å²) in [6.45, 7) is 13.9. The summed E-state index contributed by atoms with van der Waals surface area (Å²) in [7, 11) is 1.30. The molecule has 0 saturated heterocycles. The average Bonchev–Trinajstić information content (AvgIpc) is 3.82. The molecule has 5 heterocycles. The molecule has 0 fully saturated rings. The number of nitrogens with zero attached hydrogens (tertiary/aromatic N) is 4. The number of aliphatic carboxylic acids is 1. The van der Waals surface area contributed by atoms with E-state index in [0.29, 0.717) is 87.3 Å². The summed E-state index contributed by atoms with van der Waals surface area (Å²) in [5, 5.41) is 16.1. The number of carbonyl (C=O) groups excluding carboxylic acids is 3. The number of fused-ring (bicyclic) bond motifs is 8. The van der Waals surface area contributed by atoms with Crippen LogP contribution in [0.1, 0.15) is 144 Å². The van der Waals surface area contributed by atoms with Crippen molar-refractivity contribution in [3.8, 4) is 0 Å². The number of carboxylic acids is 1. The largest absolute Gasteiger partial charge is 2.00 e. The van der Waals surface area contributed by atoms with Gasteiger partial charge in [-0.1, -0.05) is 50.1 Å². The number of rotatable bonds is 15. The van der Waals surface area contributed by atoms with E-state index in [1.807, 2.05) is 39.0 Å². The molecule has 0 aliphatic carbocycles. The number of aryl methyl sites for hydroxylation is 2. The number of amides is 1. The maximum Gasteiger partial charge on any atom is 2.00 e. The topological polar surface area (TPSA) is 202 Å². The van der Waals surface area contributed by atoms with E-state index in [1.54, 1.807) is 0 Å². The Labute approximate surface area is 336 Å². The van der Waals surface area contributed by atoms with Crippen molar-refractivity contribution in [2.45, 2.75) is 104 Å². The molecule has 0 spiro atoms. The van der Waals surface area contributed by atoms with Gasteiger partial charge >= 0.3 is 32.4 Å². The number of methoxy groups -OCH3 is 1. The number of ether oxygens (including phenoxy) is 1. The Hall–Kier alpha value is -4.22. The molecule has 4 atom stereocenters. The second-order valence-corrected chi connectivity index (χ2v) is 14.5. The molecule has 3 aromatic rings. The van der Waals surface area contributed by atoms with Gasteiger partial charge in [-0.05, 0) is 71.7 Å². The number of carboxylic acid groups (broad SMARTS) is 1. The first-order valence-corrected chi connectivity index (χ1v) is 19.0. The molecule has 0 unspecified atom stereocenters. The van der Waals surface area contributed by atoms with Gasteiger partial charge in [-0.25, -0.2) is 0 Å². The number of hydrogen-bond donors (Lipinski definition) is 4. The van der Waals surface area contributed by atoms with Crippen molar-refractivity contribution in [1.29, 1.82) is 0 Å². The third kappa shape index (κ3) is 9.43. The van der Waals surface area contributed by atoms with E-state index >= 15 is 0 Å². The number of aromatic nitrogens is 4. The molecule has 0 saturated carbocycles. The van der Waals surface area contributed by atoms with Gasteiger partial charge in [0.05, 0.1) is 13.5 Å². The van der Waals surface area contributed by atoms with Crippen LogP contribution in [-0.4, -0.2) is 72.0 Å². The van der Waals surface area contributed by atoms with Crippen LogP contribution in [0.3, 0.4) is 0 Å². The van der Waals surface area contributed by atoms with Gasteiger partial charge in [0.15, 0.2) is 5.78 Å². The van der Waals surface area contributed by atoms with Crippen molar-refractivity contribution in [2.24, 2.45) is 5.73 Å². The number of carbonyl (C=O) groups is 4. The molecule has 3 aromatic heterocycles. The van der Waals surface area contributed by atoms with Gasteiger partial charge in [-0.2, -0.15) is 0 Å². The monoisotopic (exact) mass is 845 g/mol. The molecule has 0 aromatic carbocycles. The Kier molecular flexibility index (Phi) is 15.1. The maximum absolute atomic E-state index is 14.2. The SMILES string of the molecule is CC[C@H]1c2cc3[n-]c(c(CC(=O)OC)c4nc(cc5[n-]c(cc(n2)[C@@H]1C)c(C(C)=O)c5C)[C@@H](C)[C@@H]4CCC(=O)O)c(C(=O)NCCCNCCCN)c3C.[Pd+2]. The summed E-state index contributed by atoms with van der Waals surface area (Å²) in [5.74, 6) is -2.63. The predicted octanol–water partition coefficient (Wildman–Crippen LogP) is 5.21. The van der Waals surface area contributed by atoms with Crippen molar-refractivity contribution in [1.82, 2.24) is 30.6 Å². The van der Waals surface area contributed by atoms with Gasteiger partial charge in [0, 0.05) is 70.5 Å². The third-order valence-electron chi connectivity index (χ3n) is 10.9. The fourth-order valence-electron chi connectivity index (χ4n) is 7.82. The molecule has 14 heteroatoms. The van der Waals surface area contributed by atoms with Crippen molar-refractivity contribution in [3.63, 3.8) is 0 Å². The summed E-state index contributed by atoms with van der Waals surface area (Å²) in [4.78, 5) is 72.6. The number of esters is 1. The first kappa shape index (κ1) is 43.5. The molecule has 0 radical (unpaired) electrons. The number of ketones is 1. The molecule has 55 heavy (non-hydrogen) atoms. The zero-order valence-corrected chi connectivity index (χ0v) is 34.3. The van der Waals surface area contributed by atoms with E-state index in [9.17, 15) is 24.3 Å². The van der Waals surface area contributed by atoms with Gasteiger partial charge in [0.25, 0.3) is 0 Å². The van der Waals surface area contributed by atoms with Crippen LogP contribution in [0.4, 0.5) is 0 Å². The molecule has 1 amide bonds. The quantitative estimate of drug-likeness (QED) is 0.0675. The predicted molar refractivity (Wildman–Crippen MR) is 207 cm³/mol. The molecule has 8 bridgehead atoms. The van der Waals surface area contributed by atoms with Crippen LogP contribution >= 0.6 is 0 Å². The van der Waals surface area contributed by atoms with Crippen LogP contribution in [0.15, 0.2) is 18.2 Å². The maximum atomic E-state index is 14.2. The van der Waals surface area contributed by atoms with Crippen molar-refractivity contribution in [3.05, 3.63) is 68.8 Å². The fourth-order valence-corrected chi connectivity index (χ4v) is 7.82. The summed E-state index contributed by atoms with van der Waals surface area (Å²) >= 11 is 0. The number of nitrogens with one attached hydrogen (secondary N) is 2. The molecule has 13 nitrogen and oxygen atoms in total. The Morgan fingerprint density at radius 2 is 1.49 bits per heavy atom. The second kappa shape index (κ2) is 19.1. The van der Waals surface area contributed by atoms with Gasteiger partial charge in [-0.3, -0.25) is 29.1 Å². The molecule has 5 rings (SSSR count). The van der Waals surface area contributed by atoms with Crippen molar-refractivity contribution < 1.29 is 49.4 Å². The van der Waals surface area contributed by atoms with E-state index in [0.717, 1.165) is 30.8 Å². The summed E-state index contributed by atoms with van der Waals surface area (Å²) in [6, 6.07) is 5.66. The van der Waals surface area contributed by atoms with Gasteiger partial charge < -0.3 is 36.2 Å². The smallest absolute Gasteiger partial charge is 0.657 e. The molecule has 2 aliphatic rings. The Bertz CT molecular complexity index is 2090. The summed E-state index contributed by atoms with van der Waals surface area (Å²) in [5.41, 5.74) is 12.8. The average molecular weight is 846 g/mol. The van der Waals surface area contributed by atoms with E-state index in [4.69, 9.17) is 30.4 Å². The summed E-state index contributed by atoms with van der Waals surface area (Å²) < 4.78 is 5.17. The van der Waals surface area contributed by atoms with Crippen LogP contribution in [0.2, 0.25) is 0 Å². The normalized spacial score (nSPS) is 17.7. The van der Waals surface area contributed by atoms with Crippen LogP contribution in [0.25, 0.3) is 22.1 Å². The van der Waals surface area contributed by atoms with Crippen molar-refractivity contribution >= 4 is 45.7 Å². The van der Waals surface area contributed by atoms with Crippen molar-refractivity contribution in [2.75, 3.05) is 33.3 Å². The summed E-state index contributed by atoms with van der Waals surface area (Å²) in [6.07, 6.45) is 2.19. The minimum Gasteiger partial charge on any atom is -0.657 e. The van der Waals surface area contributed by atoms with Crippen LogP contribution in [0, 0.1) is 13.8 Å². The van der Waals surface area contributed by atoms with Gasteiger partial charge in [-0.15, -0.1) is 22.1 Å². The van der Waals surface area contributed by atoms with E-state index in [1.165, 1.54) is 14.0 Å². The van der Waals surface area contributed by atoms with Crippen LogP contribution < -0.4 is 26.3 Å². The first-order chi connectivity index (χ1) is 25.8. The second-order valence-electron chi connectivity index (χ2n) is 14.5. The molecular weight excluding hydrogens is 793 g/mol. The molecule has 5 N–H and O–H groups in total. The zero-order valence-electron chi connectivity index (χ0n) is 32.8. The van der Waals surface area contributed by atoms with Crippen LogP contribution in [0.5, 0.6) is 0 Å². The Morgan fingerprint density at radius 3 is 2.15 bits per heavy atom. The zero-order chi connectivity index (χ0) is 39.3. The van der Waals surface area contributed by atoms with E-state index < -0.39 is 17.9 Å². The Balaban J connectivity index is 0.00000673. The van der Waals surface area contributed by atoms with E-state index in [-0.39, 0.29) is 69.1 Å². The fraction of sp³-hybridized carbons (Fsp3) is 0.512. The number of Topliss-reactive ketones (excluding diaryl/α,β-unsaturated/α-hetero) is 1. The van der Waals surface area contributed by atoms with Gasteiger partial charge in [0.2, 0.25) is 5.91 Å². The molecular formula is C41H53N7O6Pd. The number of hydrogen-bond acceptors (Lipinski definition) is 9. The van der Waals surface area contributed by atoms with Crippen LogP contribution in [-0.2, 0) is 41.2 Å². The minimum absolute atomic E-state index is 0. The molecule has 298 valence electrons. The first-order valence-electron chi connectivity index (χ1n) is 19.0. The minimum atomic E-state index is -0.962.